The summed E-state index contributed by atoms with van der Waals surface area (Å²) in [7, 11) is 0. The molecule has 1 aromatic carbocycles. The predicted octanol–water partition coefficient (Wildman–Crippen LogP) is 0.840. The van der Waals surface area contributed by atoms with Crippen molar-refractivity contribution in [1.82, 2.24) is 9.80 Å². The summed E-state index contributed by atoms with van der Waals surface area (Å²) in [6, 6.07) is 7.79. The molecule has 110 valence electrons. The SMILES string of the molecule is O=C(CN1CCN(CCO)CC1)Nc1cccc(I)c1. The van der Waals surface area contributed by atoms with Gasteiger partial charge in [-0.3, -0.25) is 14.6 Å². The molecule has 0 aromatic heterocycles. The summed E-state index contributed by atoms with van der Waals surface area (Å²) in [4.78, 5) is 16.4. The van der Waals surface area contributed by atoms with Crippen LogP contribution in [0.2, 0.25) is 0 Å². The number of halogens is 1. The summed E-state index contributed by atoms with van der Waals surface area (Å²) in [5.41, 5.74) is 0.848. The van der Waals surface area contributed by atoms with Gasteiger partial charge in [0.05, 0.1) is 13.2 Å². The number of hydrogen-bond donors (Lipinski definition) is 2. The molecular formula is C14H20IN3O2. The van der Waals surface area contributed by atoms with Gasteiger partial charge >= 0.3 is 0 Å². The van der Waals surface area contributed by atoms with Gasteiger partial charge in [-0.1, -0.05) is 6.07 Å². The molecule has 1 aliphatic heterocycles. The second-order valence-electron chi connectivity index (χ2n) is 4.90. The first-order valence-corrected chi connectivity index (χ1v) is 7.86. The number of amides is 1. The number of aliphatic hydroxyl groups is 1. The summed E-state index contributed by atoms with van der Waals surface area (Å²) in [5, 5.41) is 11.8. The van der Waals surface area contributed by atoms with Gasteiger partial charge < -0.3 is 10.4 Å². The molecule has 1 aromatic rings. The van der Waals surface area contributed by atoms with E-state index in [0.717, 1.165) is 42.0 Å². The van der Waals surface area contributed by atoms with E-state index in [-0.39, 0.29) is 12.5 Å². The van der Waals surface area contributed by atoms with Crippen molar-refractivity contribution in [2.24, 2.45) is 0 Å². The van der Waals surface area contributed by atoms with Crippen molar-refractivity contribution in [3.63, 3.8) is 0 Å². The normalized spacial score (nSPS) is 17.1. The second kappa shape index (κ2) is 7.92. The Morgan fingerprint density at radius 2 is 1.95 bits per heavy atom. The molecule has 2 rings (SSSR count). The van der Waals surface area contributed by atoms with E-state index in [1.807, 2.05) is 24.3 Å². The van der Waals surface area contributed by atoms with Crippen molar-refractivity contribution in [2.45, 2.75) is 0 Å². The fourth-order valence-electron chi connectivity index (χ4n) is 2.28. The van der Waals surface area contributed by atoms with Gasteiger partial charge in [0.25, 0.3) is 0 Å². The molecule has 0 saturated carbocycles. The highest BCUT2D eigenvalue weighted by atomic mass is 127. The van der Waals surface area contributed by atoms with Gasteiger partial charge in [0, 0.05) is 42.0 Å². The van der Waals surface area contributed by atoms with Crippen LogP contribution in [0, 0.1) is 3.57 Å². The standard InChI is InChI=1S/C14H20IN3O2/c15-12-2-1-3-13(10-12)16-14(20)11-18-6-4-17(5-7-18)8-9-19/h1-3,10,19H,4-9,11H2,(H,16,20). The van der Waals surface area contributed by atoms with E-state index in [1.165, 1.54) is 0 Å². The maximum atomic E-state index is 12.0. The zero-order valence-electron chi connectivity index (χ0n) is 11.4. The van der Waals surface area contributed by atoms with Crippen molar-refractivity contribution in [1.29, 1.82) is 0 Å². The molecule has 0 spiro atoms. The van der Waals surface area contributed by atoms with Crippen LogP contribution in [-0.4, -0.2) is 66.7 Å². The highest BCUT2D eigenvalue weighted by Gasteiger charge is 2.18. The molecule has 6 heteroatoms. The minimum atomic E-state index is 0.0302. The molecule has 0 aliphatic carbocycles. The molecule has 1 aliphatic rings. The Morgan fingerprint density at radius 3 is 2.60 bits per heavy atom. The van der Waals surface area contributed by atoms with Gasteiger partial charge in [-0.25, -0.2) is 0 Å². The number of benzene rings is 1. The number of carbonyl (C=O) groups is 1. The Morgan fingerprint density at radius 1 is 1.25 bits per heavy atom. The van der Waals surface area contributed by atoms with E-state index < -0.39 is 0 Å². The maximum absolute atomic E-state index is 12.0. The number of carbonyl (C=O) groups excluding carboxylic acids is 1. The van der Waals surface area contributed by atoms with Gasteiger partial charge in [-0.2, -0.15) is 0 Å². The first-order valence-electron chi connectivity index (χ1n) is 6.78. The zero-order valence-corrected chi connectivity index (χ0v) is 13.5. The molecule has 1 fully saturated rings. The number of nitrogens with zero attached hydrogens (tertiary/aromatic N) is 2. The summed E-state index contributed by atoms with van der Waals surface area (Å²) in [6.07, 6.45) is 0. The van der Waals surface area contributed by atoms with Crippen molar-refractivity contribution >= 4 is 34.2 Å². The van der Waals surface area contributed by atoms with Gasteiger partial charge in [-0.15, -0.1) is 0 Å². The molecule has 0 unspecified atom stereocenters. The van der Waals surface area contributed by atoms with E-state index in [1.54, 1.807) is 0 Å². The first-order chi connectivity index (χ1) is 9.67. The average Bonchev–Trinajstić information content (AvgIpc) is 2.41. The number of hydrogen-bond acceptors (Lipinski definition) is 4. The maximum Gasteiger partial charge on any atom is 0.238 e. The van der Waals surface area contributed by atoms with Gasteiger partial charge in [0.2, 0.25) is 5.91 Å². The Balaban J connectivity index is 1.75. The minimum Gasteiger partial charge on any atom is -0.395 e. The minimum absolute atomic E-state index is 0.0302. The Hall–Kier alpha value is -0.700. The van der Waals surface area contributed by atoms with Crippen LogP contribution in [-0.2, 0) is 4.79 Å². The van der Waals surface area contributed by atoms with Crippen LogP contribution in [0.5, 0.6) is 0 Å². The molecule has 1 heterocycles. The molecule has 5 nitrogen and oxygen atoms in total. The summed E-state index contributed by atoms with van der Waals surface area (Å²) >= 11 is 2.23. The third kappa shape index (κ3) is 5.01. The number of β-amino-alcohol motifs (C(OH)–C–C–N with tert-alkyl or cyclic N) is 1. The Bertz CT molecular complexity index is 448. The molecule has 0 radical (unpaired) electrons. The third-order valence-electron chi connectivity index (χ3n) is 3.36. The van der Waals surface area contributed by atoms with Crippen LogP contribution in [0.15, 0.2) is 24.3 Å². The molecule has 0 bridgehead atoms. The van der Waals surface area contributed by atoms with Gasteiger partial charge in [0.1, 0.15) is 0 Å². The Kier molecular flexibility index (Phi) is 6.21. The monoisotopic (exact) mass is 389 g/mol. The van der Waals surface area contributed by atoms with E-state index in [0.29, 0.717) is 6.54 Å². The number of nitrogens with one attached hydrogen (secondary N) is 1. The number of piperazine rings is 1. The number of rotatable bonds is 5. The smallest absolute Gasteiger partial charge is 0.238 e. The van der Waals surface area contributed by atoms with E-state index >= 15 is 0 Å². The topological polar surface area (TPSA) is 55.8 Å². The fraction of sp³-hybridized carbons (Fsp3) is 0.500. The average molecular weight is 389 g/mol. The van der Waals surface area contributed by atoms with Gasteiger partial charge in [0.15, 0.2) is 0 Å². The van der Waals surface area contributed by atoms with Crippen LogP contribution >= 0.6 is 22.6 Å². The lowest BCUT2D eigenvalue weighted by molar-refractivity contribution is -0.117. The van der Waals surface area contributed by atoms with Crippen molar-refractivity contribution < 1.29 is 9.90 Å². The predicted molar refractivity (Wildman–Crippen MR) is 87.8 cm³/mol. The van der Waals surface area contributed by atoms with Crippen LogP contribution in [0.1, 0.15) is 0 Å². The van der Waals surface area contributed by atoms with Crippen LogP contribution in [0.25, 0.3) is 0 Å². The lowest BCUT2D eigenvalue weighted by Crippen LogP contribution is -2.49. The fourth-order valence-corrected chi connectivity index (χ4v) is 2.83. The quantitative estimate of drug-likeness (QED) is 0.734. The molecule has 1 saturated heterocycles. The largest absolute Gasteiger partial charge is 0.395 e. The van der Waals surface area contributed by atoms with E-state index in [4.69, 9.17) is 5.11 Å². The molecular weight excluding hydrogens is 369 g/mol. The van der Waals surface area contributed by atoms with Crippen molar-refractivity contribution in [2.75, 3.05) is 51.2 Å². The van der Waals surface area contributed by atoms with Crippen LogP contribution < -0.4 is 5.32 Å². The van der Waals surface area contributed by atoms with Crippen molar-refractivity contribution in [3.8, 4) is 0 Å². The summed E-state index contributed by atoms with van der Waals surface area (Å²) < 4.78 is 1.11. The second-order valence-corrected chi connectivity index (χ2v) is 6.15. The van der Waals surface area contributed by atoms with Gasteiger partial charge in [-0.05, 0) is 40.8 Å². The lowest BCUT2D eigenvalue weighted by atomic mass is 10.3. The highest BCUT2D eigenvalue weighted by Crippen LogP contribution is 2.12. The molecule has 1 amide bonds. The number of aliphatic hydroxyl groups excluding tert-OH is 1. The van der Waals surface area contributed by atoms with Crippen LogP contribution in [0.4, 0.5) is 5.69 Å². The van der Waals surface area contributed by atoms with Crippen LogP contribution in [0.3, 0.4) is 0 Å². The molecule has 0 atom stereocenters. The number of anilines is 1. The Labute approximate surface area is 133 Å². The third-order valence-corrected chi connectivity index (χ3v) is 4.03. The highest BCUT2D eigenvalue weighted by molar-refractivity contribution is 14.1. The van der Waals surface area contributed by atoms with E-state index in [2.05, 4.69) is 37.7 Å². The molecule has 20 heavy (non-hydrogen) atoms. The zero-order chi connectivity index (χ0) is 14.4. The summed E-state index contributed by atoms with van der Waals surface area (Å²) in [5.74, 6) is 0.0302. The molecule has 2 N–H and O–H groups in total. The first kappa shape index (κ1) is 15.7. The lowest BCUT2D eigenvalue weighted by Gasteiger charge is -2.33. The van der Waals surface area contributed by atoms with E-state index in [9.17, 15) is 4.79 Å². The van der Waals surface area contributed by atoms with Crippen molar-refractivity contribution in [3.05, 3.63) is 27.8 Å². The summed E-state index contributed by atoms with van der Waals surface area (Å²) in [6.45, 7) is 4.93.